The van der Waals surface area contributed by atoms with Crippen molar-refractivity contribution in [2.75, 3.05) is 5.32 Å². The van der Waals surface area contributed by atoms with Crippen molar-refractivity contribution in [3.8, 4) is 0 Å². The van der Waals surface area contributed by atoms with Crippen LogP contribution in [0.15, 0.2) is 29.4 Å². The van der Waals surface area contributed by atoms with E-state index in [0.29, 0.717) is 21.2 Å². The molecule has 1 aromatic carbocycles. The van der Waals surface area contributed by atoms with E-state index in [0.717, 1.165) is 10.4 Å². The van der Waals surface area contributed by atoms with Gasteiger partial charge in [-0.2, -0.15) is 0 Å². The van der Waals surface area contributed by atoms with Crippen LogP contribution in [0.25, 0.3) is 0 Å². The second-order valence-corrected chi connectivity index (χ2v) is 6.17. The average Bonchev–Trinajstić information content (AvgIpc) is 2.78. The van der Waals surface area contributed by atoms with E-state index in [1.807, 2.05) is 19.9 Å². The van der Waals surface area contributed by atoms with Gasteiger partial charge in [0.15, 0.2) is 5.84 Å². The Morgan fingerprint density at radius 2 is 2.10 bits per heavy atom. The normalized spacial score (nSPS) is 11.5. The number of amidine groups is 1. The number of aryl methyl sites for hydroxylation is 2. The molecule has 1 heterocycles. The summed E-state index contributed by atoms with van der Waals surface area (Å²) in [4.78, 5) is 13.9. The van der Waals surface area contributed by atoms with Crippen LogP contribution in [0.5, 0.6) is 0 Å². The van der Waals surface area contributed by atoms with Crippen molar-refractivity contribution in [2.24, 2.45) is 10.9 Å². The molecule has 0 aliphatic carbocycles. The maximum atomic E-state index is 12.3. The second-order valence-electron chi connectivity index (χ2n) is 4.48. The summed E-state index contributed by atoms with van der Waals surface area (Å²) in [5.41, 5.74) is 7.46. The number of anilines is 1. The zero-order chi connectivity index (χ0) is 15.6. The molecule has 5 nitrogen and oxygen atoms in total. The maximum Gasteiger partial charge on any atom is 0.265 e. The Kier molecular flexibility index (Phi) is 4.50. The molecule has 0 atom stereocenters. The van der Waals surface area contributed by atoms with E-state index in [4.69, 9.17) is 22.5 Å². The summed E-state index contributed by atoms with van der Waals surface area (Å²) in [6.45, 7) is 3.90. The van der Waals surface area contributed by atoms with Crippen molar-refractivity contribution >= 4 is 40.4 Å². The highest BCUT2D eigenvalue weighted by Crippen LogP contribution is 2.25. The summed E-state index contributed by atoms with van der Waals surface area (Å²) in [5.74, 6) is -0.356. The van der Waals surface area contributed by atoms with Crippen LogP contribution in [0.3, 0.4) is 0 Å². The third-order valence-electron chi connectivity index (χ3n) is 3.00. The molecule has 0 aliphatic rings. The third-order valence-corrected chi connectivity index (χ3v) is 4.39. The van der Waals surface area contributed by atoms with Gasteiger partial charge in [-0.1, -0.05) is 16.8 Å². The molecule has 0 bridgehead atoms. The van der Waals surface area contributed by atoms with E-state index >= 15 is 0 Å². The summed E-state index contributed by atoms with van der Waals surface area (Å²) in [5, 5.41) is 14.9. The maximum absolute atomic E-state index is 12.3. The van der Waals surface area contributed by atoms with Gasteiger partial charge < -0.3 is 16.3 Å². The van der Waals surface area contributed by atoms with Crippen molar-refractivity contribution in [1.82, 2.24) is 0 Å². The van der Waals surface area contributed by atoms with E-state index in [-0.39, 0.29) is 11.7 Å². The Labute approximate surface area is 131 Å². The second kappa shape index (κ2) is 6.15. The van der Waals surface area contributed by atoms with Crippen LogP contribution in [0, 0.1) is 13.8 Å². The highest BCUT2D eigenvalue weighted by molar-refractivity contribution is 7.14. The molecule has 0 aliphatic heterocycles. The van der Waals surface area contributed by atoms with Gasteiger partial charge in [-0.05, 0) is 43.7 Å². The number of benzene rings is 1. The molecule has 0 saturated carbocycles. The van der Waals surface area contributed by atoms with Crippen LogP contribution in [-0.4, -0.2) is 17.0 Å². The van der Waals surface area contributed by atoms with Crippen LogP contribution in [0.1, 0.15) is 25.7 Å². The Balaban J connectivity index is 2.34. The zero-order valence-corrected chi connectivity index (χ0v) is 13.0. The van der Waals surface area contributed by atoms with Crippen LogP contribution < -0.4 is 11.1 Å². The lowest BCUT2D eigenvalue weighted by atomic mass is 10.1. The number of halogens is 1. The highest BCUT2D eigenvalue weighted by Gasteiger charge is 2.14. The van der Waals surface area contributed by atoms with Gasteiger partial charge >= 0.3 is 0 Å². The predicted molar refractivity (Wildman–Crippen MR) is 85.7 cm³/mol. The van der Waals surface area contributed by atoms with Gasteiger partial charge in [-0.15, -0.1) is 11.3 Å². The number of nitrogens with two attached hydrogens (primary N) is 1. The van der Waals surface area contributed by atoms with Crippen molar-refractivity contribution in [3.63, 3.8) is 0 Å². The fourth-order valence-electron chi connectivity index (χ4n) is 1.77. The molecule has 0 unspecified atom stereocenters. The third kappa shape index (κ3) is 3.34. The fourth-order valence-corrected chi connectivity index (χ4v) is 2.87. The summed E-state index contributed by atoms with van der Waals surface area (Å²) < 4.78 is 0. The van der Waals surface area contributed by atoms with Crippen LogP contribution in [0.2, 0.25) is 5.02 Å². The van der Waals surface area contributed by atoms with Crippen molar-refractivity contribution in [1.29, 1.82) is 0 Å². The topological polar surface area (TPSA) is 87.7 Å². The Morgan fingerprint density at radius 1 is 1.38 bits per heavy atom. The largest absolute Gasteiger partial charge is 0.409 e. The van der Waals surface area contributed by atoms with Gasteiger partial charge in [-0.25, -0.2) is 0 Å². The van der Waals surface area contributed by atoms with Gasteiger partial charge in [-0.3, -0.25) is 4.79 Å². The summed E-state index contributed by atoms with van der Waals surface area (Å²) in [7, 11) is 0. The molecule has 2 aromatic rings. The quantitative estimate of drug-likeness (QED) is 0.350. The van der Waals surface area contributed by atoms with E-state index in [2.05, 4.69) is 10.5 Å². The average molecular weight is 324 g/mol. The lowest BCUT2D eigenvalue weighted by molar-refractivity contribution is 0.103. The molecule has 110 valence electrons. The van der Waals surface area contributed by atoms with Crippen molar-refractivity contribution in [2.45, 2.75) is 13.8 Å². The first-order valence-electron chi connectivity index (χ1n) is 6.08. The summed E-state index contributed by atoms with van der Waals surface area (Å²) in [6.07, 6.45) is 0. The minimum Gasteiger partial charge on any atom is -0.409 e. The zero-order valence-electron chi connectivity index (χ0n) is 11.5. The predicted octanol–water partition coefficient (Wildman–Crippen LogP) is 3.37. The van der Waals surface area contributed by atoms with Crippen molar-refractivity contribution in [3.05, 3.63) is 50.2 Å². The van der Waals surface area contributed by atoms with Gasteiger partial charge in [0.25, 0.3) is 5.91 Å². The van der Waals surface area contributed by atoms with Crippen molar-refractivity contribution < 1.29 is 10.0 Å². The van der Waals surface area contributed by atoms with Gasteiger partial charge in [0.1, 0.15) is 0 Å². The van der Waals surface area contributed by atoms with E-state index in [1.54, 1.807) is 18.2 Å². The first-order chi connectivity index (χ1) is 9.92. The molecule has 0 saturated heterocycles. The number of nitrogens with one attached hydrogen (secondary N) is 1. The Morgan fingerprint density at radius 3 is 2.67 bits per heavy atom. The number of nitrogens with zero attached hydrogens (tertiary/aromatic N) is 1. The molecular formula is C14H14ClN3O2S. The highest BCUT2D eigenvalue weighted by atomic mass is 35.5. The number of rotatable bonds is 3. The van der Waals surface area contributed by atoms with E-state index < -0.39 is 0 Å². The minimum atomic E-state index is -0.259. The number of amides is 1. The van der Waals surface area contributed by atoms with E-state index in [1.165, 1.54) is 11.3 Å². The number of thiophene rings is 1. The van der Waals surface area contributed by atoms with Gasteiger partial charge in [0.2, 0.25) is 0 Å². The number of oxime groups is 1. The standard InChI is InChI=1S/C14H14ClN3O2S/c1-7-5-12(21-8(7)2)14(19)17-11-6-9(15)3-4-10(11)13(16)18-20/h3-6,20H,1-2H3,(H2,16,18)(H,17,19). The SMILES string of the molecule is Cc1cc(C(=O)Nc2cc(Cl)ccc2C(N)=NO)sc1C. The Bertz CT molecular complexity index is 706. The number of carbonyl (C=O) groups is 1. The Hall–Kier alpha value is -2.05. The number of carbonyl (C=O) groups excluding carboxylic acids is 1. The molecule has 0 radical (unpaired) electrons. The van der Waals surface area contributed by atoms with Gasteiger partial charge in [0, 0.05) is 15.5 Å². The smallest absolute Gasteiger partial charge is 0.265 e. The molecule has 7 heteroatoms. The number of hydrogen-bond acceptors (Lipinski definition) is 4. The fraction of sp³-hybridized carbons (Fsp3) is 0.143. The lowest BCUT2D eigenvalue weighted by Gasteiger charge is -2.10. The first kappa shape index (κ1) is 15.3. The molecule has 4 N–H and O–H groups in total. The molecule has 21 heavy (non-hydrogen) atoms. The summed E-state index contributed by atoms with van der Waals surface area (Å²) in [6, 6.07) is 6.56. The van der Waals surface area contributed by atoms with Crippen LogP contribution in [-0.2, 0) is 0 Å². The van der Waals surface area contributed by atoms with Crippen LogP contribution >= 0.6 is 22.9 Å². The summed E-state index contributed by atoms with van der Waals surface area (Å²) >= 11 is 7.34. The first-order valence-corrected chi connectivity index (χ1v) is 7.27. The monoisotopic (exact) mass is 323 g/mol. The number of hydrogen-bond donors (Lipinski definition) is 3. The molecular weight excluding hydrogens is 310 g/mol. The molecule has 2 rings (SSSR count). The molecule has 0 spiro atoms. The molecule has 0 fully saturated rings. The van der Waals surface area contributed by atoms with Crippen LogP contribution in [0.4, 0.5) is 5.69 Å². The van der Waals surface area contributed by atoms with E-state index in [9.17, 15) is 4.79 Å². The molecule has 1 amide bonds. The van der Waals surface area contributed by atoms with Gasteiger partial charge in [0.05, 0.1) is 10.6 Å². The minimum absolute atomic E-state index is 0.0968. The lowest BCUT2D eigenvalue weighted by Crippen LogP contribution is -2.18. The molecule has 1 aromatic heterocycles.